The number of H-pyrrole nitrogens is 1. The van der Waals surface area contributed by atoms with Gasteiger partial charge in [-0.25, -0.2) is 4.98 Å². The number of aromatic nitrogens is 4. The van der Waals surface area contributed by atoms with Crippen molar-refractivity contribution >= 4 is 45.2 Å². The molecule has 0 saturated carbocycles. The zero-order valence-corrected chi connectivity index (χ0v) is 16.9. The lowest BCUT2D eigenvalue weighted by molar-refractivity contribution is 0.863. The Labute approximate surface area is 177 Å². The van der Waals surface area contributed by atoms with Gasteiger partial charge >= 0.3 is 0 Å². The van der Waals surface area contributed by atoms with Crippen molar-refractivity contribution in [3.8, 4) is 0 Å². The van der Waals surface area contributed by atoms with Crippen molar-refractivity contribution in [3.05, 3.63) is 93.5 Å². The zero-order valence-electron chi connectivity index (χ0n) is 16.2. The van der Waals surface area contributed by atoms with Crippen LogP contribution in [0.1, 0.15) is 11.1 Å². The van der Waals surface area contributed by atoms with E-state index in [4.69, 9.17) is 11.6 Å². The van der Waals surface area contributed by atoms with E-state index in [-0.39, 0.29) is 5.56 Å². The first-order valence-electron chi connectivity index (χ1n) is 9.52. The van der Waals surface area contributed by atoms with E-state index in [1.54, 1.807) is 17.8 Å². The van der Waals surface area contributed by atoms with Crippen LogP contribution in [0.3, 0.4) is 0 Å². The number of fused-ring (bicyclic) bond motifs is 2. The summed E-state index contributed by atoms with van der Waals surface area (Å²) in [6.45, 7) is 0. The second-order valence-electron chi connectivity index (χ2n) is 7.18. The smallest absolute Gasteiger partial charge is 0.255 e. The van der Waals surface area contributed by atoms with Crippen molar-refractivity contribution in [1.82, 2.24) is 19.5 Å². The van der Waals surface area contributed by atoms with Crippen molar-refractivity contribution in [2.24, 2.45) is 7.05 Å². The van der Waals surface area contributed by atoms with E-state index >= 15 is 0 Å². The number of rotatable bonds is 4. The highest BCUT2D eigenvalue weighted by Gasteiger charge is 2.11. The minimum Gasteiger partial charge on any atom is -0.361 e. The molecule has 3 aromatic heterocycles. The summed E-state index contributed by atoms with van der Waals surface area (Å²) in [6.07, 6.45) is 4.16. The summed E-state index contributed by atoms with van der Waals surface area (Å²) in [7, 11) is 1.74. The molecular formula is C23H18ClN5O. The van der Waals surface area contributed by atoms with Crippen LogP contribution in [0.25, 0.3) is 21.9 Å². The minimum atomic E-state index is -0.0742. The van der Waals surface area contributed by atoms with Crippen molar-refractivity contribution in [2.45, 2.75) is 6.42 Å². The molecule has 0 saturated heterocycles. The maximum Gasteiger partial charge on any atom is 0.255 e. The van der Waals surface area contributed by atoms with Gasteiger partial charge in [-0.1, -0.05) is 29.8 Å². The Hall–Kier alpha value is -3.64. The topological polar surface area (TPSA) is 75.6 Å². The van der Waals surface area contributed by atoms with E-state index in [9.17, 15) is 4.79 Å². The third kappa shape index (κ3) is 3.31. The van der Waals surface area contributed by atoms with Crippen LogP contribution >= 0.6 is 11.6 Å². The molecule has 0 spiro atoms. The van der Waals surface area contributed by atoms with Gasteiger partial charge in [-0.3, -0.25) is 9.36 Å². The van der Waals surface area contributed by atoms with Gasteiger partial charge in [0.15, 0.2) is 0 Å². The van der Waals surface area contributed by atoms with Gasteiger partial charge in [0.05, 0.1) is 5.69 Å². The van der Waals surface area contributed by atoms with Gasteiger partial charge in [0.2, 0.25) is 5.95 Å². The predicted octanol–water partition coefficient (Wildman–Crippen LogP) is 4.80. The van der Waals surface area contributed by atoms with Crippen molar-refractivity contribution in [3.63, 3.8) is 0 Å². The fraction of sp³-hybridized carbons (Fsp3) is 0.0870. The number of pyridine rings is 1. The average molecular weight is 416 g/mol. The SMILES string of the molecule is Cn1c(=O)c(Cc2ccc(Cl)cc2)cc2cnc(Nc3cccc4[nH]ccc34)nc21. The Balaban J connectivity index is 1.52. The van der Waals surface area contributed by atoms with Crippen LogP contribution in [0.15, 0.2) is 71.8 Å². The van der Waals surface area contributed by atoms with E-state index in [1.165, 1.54) is 0 Å². The number of aromatic amines is 1. The van der Waals surface area contributed by atoms with Gasteiger partial charge in [-0.15, -0.1) is 0 Å². The maximum atomic E-state index is 12.9. The van der Waals surface area contributed by atoms with Crippen molar-refractivity contribution in [1.29, 1.82) is 0 Å². The van der Waals surface area contributed by atoms with Gasteiger partial charge in [0, 0.05) is 52.7 Å². The molecule has 0 fully saturated rings. The van der Waals surface area contributed by atoms with Crippen molar-refractivity contribution < 1.29 is 0 Å². The predicted molar refractivity (Wildman–Crippen MR) is 121 cm³/mol. The molecular weight excluding hydrogens is 398 g/mol. The first-order valence-corrected chi connectivity index (χ1v) is 9.89. The fourth-order valence-corrected chi connectivity index (χ4v) is 3.76. The van der Waals surface area contributed by atoms with Gasteiger partial charge in [-0.2, -0.15) is 4.98 Å². The molecule has 7 heteroatoms. The number of aryl methyl sites for hydroxylation is 1. The highest BCUT2D eigenvalue weighted by Crippen LogP contribution is 2.25. The van der Waals surface area contributed by atoms with Crippen LogP contribution in [0.2, 0.25) is 5.02 Å². The maximum absolute atomic E-state index is 12.9. The summed E-state index contributed by atoms with van der Waals surface area (Å²) in [6, 6.07) is 17.3. The summed E-state index contributed by atoms with van der Waals surface area (Å²) in [5.41, 5.74) is 4.15. The highest BCUT2D eigenvalue weighted by molar-refractivity contribution is 6.30. The van der Waals surface area contributed by atoms with Gasteiger partial charge in [0.25, 0.3) is 5.56 Å². The van der Waals surface area contributed by atoms with Gasteiger partial charge in [-0.05, 0) is 42.0 Å². The molecule has 0 aliphatic heterocycles. The van der Waals surface area contributed by atoms with Crippen LogP contribution in [-0.2, 0) is 13.5 Å². The fourth-order valence-electron chi connectivity index (χ4n) is 3.64. The number of nitrogens with zero attached hydrogens (tertiary/aromatic N) is 3. The van der Waals surface area contributed by atoms with Gasteiger partial charge < -0.3 is 10.3 Å². The number of benzene rings is 2. The third-order valence-corrected chi connectivity index (χ3v) is 5.42. The molecule has 0 aliphatic rings. The molecule has 0 bridgehead atoms. The van der Waals surface area contributed by atoms with Crippen LogP contribution in [-0.4, -0.2) is 19.5 Å². The molecule has 5 aromatic rings. The van der Waals surface area contributed by atoms with Crippen molar-refractivity contribution in [2.75, 3.05) is 5.32 Å². The highest BCUT2D eigenvalue weighted by atomic mass is 35.5. The molecule has 6 nitrogen and oxygen atoms in total. The minimum absolute atomic E-state index is 0.0742. The molecule has 3 heterocycles. The largest absolute Gasteiger partial charge is 0.361 e. The van der Waals surface area contributed by atoms with Gasteiger partial charge in [0.1, 0.15) is 5.65 Å². The van der Waals surface area contributed by atoms with E-state index in [2.05, 4.69) is 20.3 Å². The van der Waals surface area contributed by atoms with Crippen LogP contribution in [0, 0.1) is 0 Å². The molecule has 0 amide bonds. The summed E-state index contributed by atoms with van der Waals surface area (Å²) < 4.78 is 1.57. The van der Waals surface area contributed by atoms with E-state index < -0.39 is 0 Å². The number of hydrogen-bond acceptors (Lipinski definition) is 4. The Morgan fingerprint density at radius 1 is 1.13 bits per heavy atom. The Morgan fingerprint density at radius 2 is 1.97 bits per heavy atom. The number of halogens is 1. The summed E-state index contributed by atoms with van der Waals surface area (Å²) in [4.78, 5) is 25.2. The summed E-state index contributed by atoms with van der Waals surface area (Å²) in [5, 5.41) is 5.80. The van der Waals surface area contributed by atoms with Crippen LogP contribution < -0.4 is 10.9 Å². The lowest BCUT2D eigenvalue weighted by Gasteiger charge is -2.11. The second-order valence-corrected chi connectivity index (χ2v) is 7.62. The summed E-state index contributed by atoms with van der Waals surface area (Å²) in [5.74, 6) is 0.441. The van der Waals surface area contributed by atoms with E-state index in [0.29, 0.717) is 28.6 Å². The molecule has 148 valence electrons. The molecule has 0 atom stereocenters. The standard InChI is InChI=1S/C23H18ClN5O/c1-29-21-16(12-15(22(29)30)11-14-5-7-17(24)8-6-14)13-26-23(28-21)27-20-4-2-3-19-18(20)9-10-25-19/h2-10,12-13,25H,11H2,1H3,(H,26,27,28). The summed E-state index contributed by atoms with van der Waals surface area (Å²) >= 11 is 5.96. The quantitative estimate of drug-likeness (QED) is 0.442. The van der Waals surface area contributed by atoms with Crippen LogP contribution in [0.4, 0.5) is 11.6 Å². The van der Waals surface area contributed by atoms with Crippen LogP contribution in [0.5, 0.6) is 0 Å². The lowest BCUT2D eigenvalue weighted by Crippen LogP contribution is -2.22. The molecule has 0 unspecified atom stereocenters. The third-order valence-electron chi connectivity index (χ3n) is 5.17. The molecule has 30 heavy (non-hydrogen) atoms. The Bertz CT molecular complexity index is 1440. The number of anilines is 2. The number of nitrogens with one attached hydrogen (secondary N) is 2. The Morgan fingerprint density at radius 3 is 2.80 bits per heavy atom. The molecule has 5 rings (SSSR count). The lowest BCUT2D eigenvalue weighted by atomic mass is 10.1. The monoisotopic (exact) mass is 415 g/mol. The first-order chi connectivity index (χ1) is 14.6. The number of hydrogen-bond donors (Lipinski definition) is 2. The normalized spacial score (nSPS) is 11.3. The Kier molecular flexibility index (Phi) is 4.48. The molecule has 2 aromatic carbocycles. The molecule has 2 N–H and O–H groups in total. The van der Waals surface area contributed by atoms with E-state index in [1.807, 2.05) is 60.8 Å². The first kappa shape index (κ1) is 18.4. The molecule has 0 radical (unpaired) electrons. The second kappa shape index (κ2) is 7.31. The average Bonchev–Trinajstić information content (AvgIpc) is 3.24. The molecule has 0 aliphatic carbocycles. The van der Waals surface area contributed by atoms with E-state index in [0.717, 1.165) is 27.5 Å². The zero-order chi connectivity index (χ0) is 20.7.